The fourth-order valence-corrected chi connectivity index (χ4v) is 4.19. The third-order valence-corrected chi connectivity index (χ3v) is 5.78. The van der Waals surface area contributed by atoms with Gasteiger partial charge in [-0.2, -0.15) is 0 Å². The number of nitrogens with one attached hydrogen (secondary N) is 2. The molecule has 2 N–H and O–H groups in total. The predicted molar refractivity (Wildman–Crippen MR) is 123 cm³/mol. The first-order valence-corrected chi connectivity index (χ1v) is 11.3. The van der Waals surface area contributed by atoms with Crippen LogP contribution in [0.15, 0.2) is 35.9 Å². The molecule has 2 amide bonds. The van der Waals surface area contributed by atoms with E-state index in [4.69, 9.17) is 4.74 Å². The fraction of sp³-hybridized carbons (Fsp3) is 0.400. The van der Waals surface area contributed by atoms with Crippen molar-refractivity contribution >= 4 is 23.6 Å². The Bertz CT molecular complexity index is 1240. The van der Waals surface area contributed by atoms with Gasteiger partial charge in [0.2, 0.25) is 17.5 Å². The molecule has 10 heteroatoms. The van der Waals surface area contributed by atoms with E-state index in [1.807, 2.05) is 0 Å². The van der Waals surface area contributed by atoms with Gasteiger partial charge in [-0.15, -0.1) is 0 Å². The molecule has 0 spiro atoms. The molecule has 0 unspecified atom stereocenters. The van der Waals surface area contributed by atoms with Crippen molar-refractivity contribution < 1.29 is 28.3 Å². The maximum Gasteiger partial charge on any atom is 0.408 e. The van der Waals surface area contributed by atoms with E-state index in [2.05, 4.69) is 15.6 Å². The normalized spacial score (nSPS) is 17.9. The Morgan fingerprint density at radius 1 is 1.23 bits per heavy atom. The van der Waals surface area contributed by atoms with Gasteiger partial charge in [-0.3, -0.25) is 14.4 Å². The van der Waals surface area contributed by atoms with Gasteiger partial charge in [-0.25, -0.2) is 14.2 Å². The zero-order valence-corrected chi connectivity index (χ0v) is 20.0. The number of ether oxygens (including phenoxy) is 1. The molecule has 0 fully saturated rings. The Kier molecular flexibility index (Phi) is 6.31. The Hall–Kier alpha value is -3.82. The average molecular weight is 483 g/mol. The smallest absolute Gasteiger partial charge is 0.408 e. The second kappa shape index (κ2) is 9.09. The largest absolute Gasteiger partial charge is 0.444 e. The minimum Gasteiger partial charge on any atom is -0.444 e. The number of imidazole rings is 1. The molecule has 0 radical (unpaired) electrons. The first-order chi connectivity index (χ1) is 16.4. The molecule has 1 aromatic carbocycles. The van der Waals surface area contributed by atoms with Crippen LogP contribution >= 0.6 is 0 Å². The van der Waals surface area contributed by atoms with Crippen LogP contribution in [0.4, 0.5) is 9.18 Å². The lowest BCUT2D eigenvalue weighted by atomic mass is 9.99. The molecule has 1 aromatic heterocycles. The van der Waals surface area contributed by atoms with E-state index in [9.17, 15) is 23.6 Å². The zero-order chi connectivity index (χ0) is 25.5. The molecular formula is C25H27FN4O5. The first-order valence-electron chi connectivity index (χ1n) is 11.3. The molecule has 0 saturated heterocycles. The van der Waals surface area contributed by atoms with E-state index < -0.39 is 35.5 Å². The monoisotopic (exact) mass is 482 g/mol. The van der Waals surface area contributed by atoms with Gasteiger partial charge in [-0.05, 0) is 57.9 Å². The minimum absolute atomic E-state index is 0.0873. The molecule has 1 aliphatic carbocycles. The summed E-state index contributed by atoms with van der Waals surface area (Å²) in [6.45, 7) is 7.12. The van der Waals surface area contributed by atoms with Gasteiger partial charge < -0.3 is 19.9 Å². The number of carbonyl (C=O) groups is 4. The predicted octanol–water partition coefficient (Wildman–Crippen LogP) is 3.04. The van der Waals surface area contributed by atoms with Crippen molar-refractivity contribution in [1.29, 1.82) is 0 Å². The number of hydrogen-bond acceptors (Lipinski definition) is 6. The van der Waals surface area contributed by atoms with E-state index in [1.165, 1.54) is 30.3 Å². The summed E-state index contributed by atoms with van der Waals surface area (Å²) in [6.07, 6.45) is 1.08. The molecule has 1 aliphatic heterocycles. The zero-order valence-electron chi connectivity index (χ0n) is 20.0. The first kappa shape index (κ1) is 24.3. The van der Waals surface area contributed by atoms with Gasteiger partial charge >= 0.3 is 6.09 Å². The lowest BCUT2D eigenvalue weighted by Crippen LogP contribution is -2.50. The average Bonchev–Trinajstić information content (AvgIpc) is 3.32. The van der Waals surface area contributed by atoms with Crippen LogP contribution in [-0.2, 0) is 22.5 Å². The number of carbonyl (C=O) groups excluding carboxylic acids is 4. The Morgan fingerprint density at radius 2 is 1.91 bits per heavy atom. The summed E-state index contributed by atoms with van der Waals surface area (Å²) in [5.41, 5.74) is 0.560. The maximum absolute atomic E-state index is 13.3. The van der Waals surface area contributed by atoms with Crippen LogP contribution in [0.2, 0.25) is 0 Å². The Morgan fingerprint density at radius 3 is 2.57 bits per heavy atom. The highest BCUT2D eigenvalue weighted by molar-refractivity contribution is 6.23. The van der Waals surface area contributed by atoms with Gasteiger partial charge in [0.15, 0.2) is 0 Å². The van der Waals surface area contributed by atoms with E-state index in [0.29, 0.717) is 29.9 Å². The summed E-state index contributed by atoms with van der Waals surface area (Å²) < 4.78 is 20.3. The number of ketones is 2. The number of alkyl carbamates (subject to hydrolysis) is 1. The van der Waals surface area contributed by atoms with Crippen molar-refractivity contribution in [2.24, 2.45) is 0 Å². The lowest BCUT2D eigenvalue weighted by molar-refractivity contribution is -0.124. The summed E-state index contributed by atoms with van der Waals surface area (Å²) in [6, 6.07) is 4.07. The molecule has 0 saturated carbocycles. The molecule has 184 valence electrons. The third-order valence-electron chi connectivity index (χ3n) is 5.78. The number of benzene rings is 1. The van der Waals surface area contributed by atoms with Crippen molar-refractivity contribution in [3.8, 4) is 0 Å². The van der Waals surface area contributed by atoms with Crippen LogP contribution in [0.25, 0.3) is 0 Å². The summed E-state index contributed by atoms with van der Waals surface area (Å²) in [5.74, 6) is -1.08. The third kappa shape index (κ3) is 5.16. The number of amides is 2. The van der Waals surface area contributed by atoms with Crippen molar-refractivity contribution in [1.82, 2.24) is 20.2 Å². The van der Waals surface area contributed by atoms with Crippen molar-refractivity contribution in [3.05, 3.63) is 64.5 Å². The molecule has 9 nitrogen and oxygen atoms in total. The summed E-state index contributed by atoms with van der Waals surface area (Å²) in [4.78, 5) is 55.1. The van der Waals surface area contributed by atoms with E-state index in [1.54, 1.807) is 32.3 Å². The standard InChI is InChI=1S/C25H27FN4O5/c1-13-11-18(31)19-20(21(13)32)30-10-9-16(22(30)29-19)27-23(33)17(28-24(34)35-25(2,3)4)12-14-5-7-15(26)8-6-14/h5-8,11,16-17H,9-10,12H2,1-4H3,(H,27,33)(H,28,34)/t16-,17-/m0/s1. The topological polar surface area (TPSA) is 119 Å². The molecular weight excluding hydrogens is 455 g/mol. The quantitative estimate of drug-likeness (QED) is 0.676. The number of Topliss-reactive ketones (excluding diaryl/α,β-unsaturated/α-hetero) is 1. The summed E-state index contributed by atoms with van der Waals surface area (Å²) in [7, 11) is 0. The summed E-state index contributed by atoms with van der Waals surface area (Å²) >= 11 is 0. The van der Waals surface area contributed by atoms with Crippen LogP contribution in [0.1, 0.15) is 72.5 Å². The van der Waals surface area contributed by atoms with Crippen LogP contribution in [0.3, 0.4) is 0 Å². The van der Waals surface area contributed by atoms with Gasteiger partial charge in [-0.1, -0.05) is 12.1 Å². The van der Waals surface area contributed by atoms with Crippen molar-refractivity contribution in [2.45, 2.75) is 64.8 Å². The number of aromatic nitrogens is 2. The number of fused-ring (bicyclic) bond motifs is 3. The van der Waals surface area contributed by atoms with Crippen LogP contribution in [0.5, 0.6) is 0 Å². The molecule has 2 aromatic rings. The van der Waals surface area contributed by atoms with Gasteiger partial charge in [0.25, 0.3) is 0 Å². The fourth-order valence-electron chi connectivity index (χ4n) is 4.19. The van der Waals surface area contributed by atoms with E-state index in [0.717, 1.165) is 0 Å². The SMILES string of the molecule is CC1=CC(=O)c2nc3n(c2C1=O)CC[C@@H]3NC(=O)[C@H](Cc1ccc(F)cc1)NC(=O)OC(C)(C)C. The van der Waals surface area contributed by atoms with Crippen LogP contribution in [0, 0.1) is 5.82 Å². The molecule has 35 heavy (non-hydrogen) atoms. The highest BCUT2D eigenvalue weighted by Gasteiger charge is 2.38. The number of rotatable bonds is 5. The van der Waals surface area contributed by atoms with E-state index in [-0.39, 0.29) is 29.4 Å². The maximum atomic E-state index is 13.3. The molecule has 2 aliphatic rings. The number of allylic oxidation sites excluding steroid dienone is 2. The Balaban J connectivity index is 1.55. The van der Waals surface area contributed by atoms with Gasteiger partial charge in [0, 0.05) is 18.5 Å². The van der Waals surface area contributed by atoms with Crippen LogP contribution in [-0.4, -0.2) is 44.8 Å². The second-order valence-electron chi connectivity index (χ2n) is 9.72. The lowest BCUT2D eigenvalue weighted by Gasteiger charge is -2.24. The molecule has 2 heterocycles. The summed E-state index contributed by atoms with van der Waals surface area (Å²) in [5, 5.41) is 5.47. The van der Waals surface area contributed by atoms with E-state index >= 15 is 0 Å². The highest BCUT2D eigenvalue weighted by Crippen LogP contribution is 2.32. The highest BCUT2D eigenvalue weighted by atomic mass is 19.1. The van der Waals surface area contributed by atoms with Crippen LogP contribution < -0.4 is 10.6 Å². The molecule has 2 atom stereocenters. The second-order valence-corrected chi connectivity index (χ2v) is 9.72. The van der Waals surface area contributed by atoms with Crippen molar-refractivity contribution in [3.63, 3.8) is 0 Å². The number of hydrogen-bond donors (Lipinski definition) is 2. The van der Waals surface area contributed by atoms with Gasteiger partial charge in [0.05, 0.1) is 6.04 Å². The van der Waals surface area contributed by atoms with Crippen molar-refractivity contribution in [2.75, 3.05) is 0 Å². The Labute approximate surface area is 201 Å². The molecule has 0 bridgehead atoms. The molecule has 4 rings (SSSR count). The van der Waals surface area contributed by atoms with Gasteiger partial charge in [0.1, 0.15) is 34.7 Å². The number of halogens is 1. The minimum atomic E-state index is -1.01. The number of nitrogens with zero attached hydrogens (tertiary/aromatic N) is 2.